The van der Waals surface area contributed by atoms with E-state index in [1.807, 2.05) is 0 Å². The minimum Gasteiger partial charge on any atom is -0.372 e. The molecule has 0 saturated heterocycles. The molecule has 0 aliphatic carbocycles. The summed E-state index contributed by atoms with van der Waals surface area (Å²) in [5.41, 5.74) is 6.40. The monoisotopic (exact) mass is 329 g/mol. The van der Waals surface area contributed by atoms with Crippen LogP contribution in [0.4, 0.5) is 17.6 Å². The fourth-order valence-electron chi connectivity index (χ4n) is 1.31. The van der Waals surface area contributed by atoms with Gasteiger partial charge in [-0.25, -0.2) is 4.39 Å². The second-order valence-electron chi connectivity index (χ2n) is 3.74. The van der Waals surface area contributed by atoms with Gasteiger partial charge >= 0.3 is 6.18 Å². The summed E-state index contributed by atoms with van der Waals surface area (Å²) in [6.07, 6.45) is -4.10. The van der Waals surface area contributed by atoms with Crippen molar-refractivity contribution in [3.8, 4) is 0 Å². The molecule has 1 rings (SSSR count). The van der Waals surface area contributed by atoms with E-state index in [-0.39, 0.29) is 17.5 Å². The molecule has 1 aromatic rings. The Balaban J connectivity index is 2.41. The lowest BCUT2D eigenvalue weighted by Crippen LogP contribution is -2.19. The molecule has 102 valence electrons. The first-order chi connectivity index (χ1) is 8.29. The molecular weight excluding hydrogens is 318 g/mol. The van der Waals surface area contributed by atoms with Gasteiger partial charge in [-0.1, -0.05) is 6.07 Å². The fourth-order valence-corrected chi connectivity index (χ4v) is 1.70. The van der Waals surface area contributed by atoms with Crippen molar-refractivity contribution in [2.24, 2.45) is 5.73 Å². The van der Waals surface area contributed by atoms with Crippen molar-refractivity contribution < 1.29 is 22.3 Å². The van der Waals surface area contributed by atoms with Gasteiger partial charge in [-0.2, -0.15) is 13.2 Å². The second-order valence-corrected chi connectivity index (χ2v) is 4.59. The number of hydrogen-bond donors (Lipinski definition) is 1. The third kappa shape index (κ3) is 5.32. The van der Waals surface area contributed by atoms with E-state index < -0.39 is 24.6 Å². The molecule has 0 bridgehead atoms. The summed E-state index contributed by atoms with van der Waals surface area (Å²) in [4.78, 5) is 0. The van der Waals surface area contributed by atoms with Gasteiger partial charge in [-0.3, -0.25) is 0 Å². The van der Waals surface area contributed by atoms with E-state index in [0.717, 1.165) is 0 Å². The van der Waals surface area contributed by atoms with E-state index in [9.17, 15) is 17.6 Å². The standard InChI is InChI=1S/C11H12BrF4NO/c12-8-5-7(1-2-9(8)13)10(17)3-4-18-6-11(14,15)16/h1-2,5,10H,3-4,6,17H2. The third-order valence-electron chi connectivity index (χ3n) is 2.21. The van der Waals surface area contributed by atoms with Crippen LogP contribution in [0.1, 0.15) is 18.0 Å². The van der Waals surface area contributed by atoms with Gasteiger partial charge in [0.2, 0.25) is 0 Å². The smallest absolute Gasteiger partial charge is 0.372 e. The maximum atomic E-state index is 13.0. The first-order valence-electron chi connectivity index (χ1n) is 5.14. The average Bonchev–Trinajstić information content (AvgIpc) is 2.26. The summed E-state index contributed by atoms with van der Waals surface area (Å²) >= 11 is 3.01. The van der Waals surface area contributed by atoms with E-state index >= 15 is 0 Å². The van der Waals surface area contributed by atoms with Gasteiger partial charge in [0.15, 0.2) is 0 Å². The predicted octanol–water partition coefficient (Wildman–Crippen LogP) is 3.56. The minimum atomic E-state index is -4.33. The summed E-state index contributed by atoms with van der Waals surface area (Å²) in [5, 5.41) is 0. The van der Waals surface area contributed by atoms with Gasteiger partial charge in [0.05, 0.1) is 4.47 Å². The maximum Gasteiger partial charge on any atom is 0.411 e. The first kappa shape index (κ1) is 15.4. The summed E-state index contributed by atoms with van der Waals surface area (Å²) in [6, 6.07) is 3.75. The lowest BCUT2D eigenvalue weighted by atomic mass is 10.1. The van der Waals surface area contributed by atoms with Crippen LogP contribution in [0.15, 0.2) is 22.7 Å². The zero-order chi connectivity index (χ0) is 13.8. The molecule has 0 fully saturated rings. The van der Waals surface area contributed by atoms with Gasteiger partial charge in [0.1, 0.15) is 12.4 Å². The predicted molar refractivity (Wildman–Crippen MR) is 62.5 cm³/mol. The number of ether oxygens (including phenoxy) is 1. The minimum absolute atomic E-state index is 0.102. The normalized spacial score (nSPS) is 13.7. The molecule has 0 amide bonds. The molecule has 0 aliphatic heterocycles. The molecule has 7 heteroatoms. The van der Waals surface area contributed by atoms with Crippen LogP contribution < -0.4 is 5.73 Å². The maximum absolute atomic E-state index is 13.0. The second kappa shape index (κ2) is 6.49. The highest BCUT2D eigenvalue weighted by molar-refractivity contribution is 9.10. The number of halogens is 5. The Hall–Kier alpha value is -0.660. The molecule has 0 aliphatic rings. The Bertz CT molecular complexity index is 397. The van der Waals surface area contributed by atoms with Crippen LogP contribution >= 0.6 is 15.9 Å². The van der Waals surface area contributed by atoms with Crippen LogP contribution in [-0.2, 0) is 4.74 Å². The van der Waals surface area contributed by atoms with Gasteiger partial charge in [0, 0.05) is 12.6 Å². The van der Waals surface area contributed by atoms with Crippen LogP contribution in [0.5, 0.6) is 0 Å². The highest BCUT2D eigenvalue weighted by Crippen LogP contribution is 2.22. The van der Waals surface area contributed by atoms with Crippen LogP contribution in [0, 0.1) is 5.82 Å². The Morgan fingerprint density at radius 3 is 2.56 bits per heavy atom. The molecule has 2 N–H and O–H groups in total. The largest absolute Gasteiger partial charge is 0.411 e. The van der Waals surface area contributed by atoms with Crippen LogP contribution in [0.3, 0.4) is 0 Å². The molecule has 1 atom stereocenters. The van der Waals surface area contributed by atoms with E-state index in [2.05, 4.69) is 20.7 Å². The van der Waals surface area contributed by atoms with Crippen LogP contribution in [0.2, 0.25) is 0 Å². The van der Waals surface area contributed by atoms with E-state index in [1.54, 1.807) is 0 Å². The van der Waals surface area contributed by atoms with Gasteiger partial charge in [-0.05, 0) is 40.0 Å². The third-order valence-corrected chi connectivity index (χ3v) is 2.82. The van der Waals surface area contributed by atoms with Crippen LogP contribution in [0.25, 0.3) is 0 Å². The summed E-state index contributed by atoms with van der Waals surface area (Å²) < 4.78 is 53.1. The molecule has 0 saturated carbocycles. The number of nitrogens with two attached hydrogens (primary N) is 1. The highest BCUT2D eigenvalue weighted by Gasteiger charge is 2.27. The molecule has 1 unspecified atom stereocenters. The summed E-state index contributed by atoms with van der Waals surface area (Å²) in [6.45, 7) is -1.39. The molecule has 0 aromatic heterocycles. The number of rotatable bonds is 5. The molecule has 0 radical (unpaired) electrons. The molecule has 1 aromatic carbocycles. The lowest BCUT2D eigenvalue weighted by molar-refractivity contribution is -0.174. The molecular formula is C11H12BrF4NO. The summed E-state index contributed by atoms with van der Waals surface area (Å²) in [7, 11) is 0. The lowest BCUT2D eigenvalue weighted by Gasteiger charge is -2.13. The van der Waals surface area contributed by atoms with Crippen molar-refractivity contribution in [3.05, 3.63) is 34.1 Å². The first-order valence-corrected chi connectivity index (χ1v) is 5.94. The van der Waals surface area contributed by atoms with Crippen molar-refractivity contribution in [1.29, 1.82) is 0 Å². The molecule has 0 spiro atoms. The Morgan fingerprint density at radius 1 is 1.33 bits per heavy atom. The number of hydrogen-bond acceptors (Lipinski definition) is 2. The quantitative estimate of drug-likeness (QED) is 0.662. The summed E-state index contributed by atoms with van der Waals surface area (Å²) in [5.74, 6) is -0.417. The van der Waals surface area contributed by atoms with Crippen molar-refractivity contribution in [2.75, 3.05) is 13.2 Å². The van der Waals surface area contributed by atoms with Crippen molar-refractivity contribution in [2.45, 2.75) is 18.6 Å². The Kier molecular flexibility index (Phi) is 5.55. The van der Waals surface area contributed by atoms with Gasteiger partial charge in [-0.15, -0.1) is 0 Å². The topological polar surface area (TPSA) is 35.2 Å². The van der Waals surface area contributed by atoms with E-state index in [1.165, 1.54) is 18.2 Å². The Morgan fingerprint density at radius 2 is 2.00 bits per heavy atom. The highest BCUT2D eigenvalue weighted by atomic mass is 79.9. The van der Waals surface area contributed by atoms with Crippen molar-refractivity contribution >= 4 is 15.9 Å². The van der Waals surface area contributed by atoms with E-state index in [4.69, 9.17) is 5.73 Å². The van der Waals surface area contributed by atoms with Crippen molar-refractivity contribution in [3.63, 3.8) is 0 Å². The molecule has 18 heavy (non-hydrogen) atoms. The SMILES string of the molecule is NC(CCOCC(F)(F)F)c1ccc(F)c(Br)c1. The zero-order valence-electron chi connectivity index (χ0n) is 9.31. The van der Waals surface area contributed by atoms with Gasteiger partial charge in [0.25, 0.3) is 0 Å². The van der Waals surface area contributed by atoms with Crippen molar-refractivity contribution in [1.82, 2.24) is 0 Å². The zero-order valence-corrected chi connectivity index (χ0v) is 10.9. The fraction of sp³-hybridized carbons (Fsp3) is 0.455. The number of benzene rings is 1. The van der Waals surface area contributed by atoms with Gasteiger partial charge < -0.3 is 10.5 Å². The molecule has 0 heterocycles. The van der Waals surface area contributed by atoms with E-state index in [0.29, 0.717) is 5.56 Å². The number of alkyl halides is 3. The average molecular weight is 330 g/mol. The molecule has 2 nitrogen and oxygen atoms in total. The Labute approximate surface area is 110 Å². The van der Waals surface area contributed by atoms with Crippen LogP contribution in [-0.4, -0.2) is 19.4 Å².